The maximum Gasteiger partial charge on any atom is 0.324 e. The Labute approximate surface area is 142 Å². The van der Waals surface area contributed by atoms with Gasteiger partial charge in [0, 0.05) is 39.5 Å². The van der Waals surface area contributed by atoms with Crippen molar-refractivity contribution in [2.24, 2.45) is 0 Å². The molecule has 1 fully saturated rings. The topological polar surface area (TPSA) is 69.7 Å². The minimum atomic E-state index is -0.346. The van der Waals surface area contributed by atoms with Crippen molar-refractivity contribution in [3.05, 3.63) is 35.9 Å². The predicted octanol–water partition coefficient (Wildman–Crippen LogP) is 1.80. The van der Waals surface area contributed by atoms with Crippen molar-refractivity contribution >= 4 is 17.8 Å². The standard InChI is InChI=1S/C18H25N3O3/c1-20(2)16(22)9-6-12-21-17(23)13-15(19-18(21)24)11-10-14-7-4-3-5-8-14/h3-5,7-8,15H,6,9-13H2,1-2H3,(H,19,24)/t15-/m1/s1. The number of aryl methyl sites for hydroxylation is 1. The van der Waals surface area contributed by atoms with Crippen LogP contribution in [0.5, 0.6) is 0 Å². The van der Waals surface area contributed by atoms with Crippen LogP contribution < -0.4 is 5.32 Å². The minimum Gasteiger partial charge on any atom is -0.349 e. The second-order valence-electron chi connectivity index (χ2n) is 6.31. The van der Waals surface area contributed by atoms with Gasteiger partial charge in [-0.2, -0.15) is 0 Å². The molecule has 0 radical (unpaired) electrons. The number of carbonyl (C=O) groups excluding carboxylic acids is 3. The average molecular weight is 331 g/mol. The Hall–Kier alpha value is -2.37. The molecule has 0 saturated carbocycles. The molecule has 4 amide bonds. The number of carbonyl (C=O) groups is 3. The van der Waals surface area contributed by atoms with E-state index in [1.807, 2.05) is 30.3 Å². The van der Waals surface area contributed by atoms with Crippen molar-refractivity contribution in [1.82, 2.24) is 15.1 Å². The number of rotatable bonds is 7. The van der Waals surface area contributed by atoms with Gasteiger partial charge in [-0.3, -0.25) is 14.5 Å². The number of nitrogens with one attached hydrogen (secondary N) is 1. The van der Waals surface area contributed by atoms with Gasteiger partial charge in [-0.25, -0.2) is 4.79 Å². The number of benzene rings is 1. The summed E-state index contributed by atoms with van der Waals surface area (Å²) in [6.07, 6.45) is 2.72. The molecule has 0 bridgehead atoms. The van der Waals surface area contributed by atoms with Crippen LogP contribution in [0.15, 0.2) is 30.3 Å². The summed E-state index contributed by atoms with van der Waals surface area (Å²) in [4.78, 5) is 38.6. The molecular weight excluding hydrogens is 306 g/mol. The monoisotopic (exact) mass is 331 g/mol. The highest BCUT2D eigenvalue weighted by Crippen LogP contribution is 2.14. The maximum absolute atomic E-state index is 12.2. The van der Waals surface area contributed by atoms with E-state index in [1.54, 1.807) is 14.1 Å². The summed E-state index contributed by atoms with van der Waals surface area (Å²) in [5.74, 6) is -0.158. The van der Waals surface area contributed by atoms with Crippen LogP contribution in [0.4, 0.5) is 4.79 Å². The fourth-order valence-corrected chi connectivity index (χ4v) is 2.74. The predicted molar refractivity (Wildman–Crippen MR) is 91.3 cm³/mol. The fourth-order valence-electron chi connectivity index (χ4n) is 2.74. The van der Waals surface area contributed by atoms with Gasteiger partial charge in [0.15, 0.2) is 0 Å². The van der Waals surface area contributed by atoms with Crippen LogP contribution >= 0.6 is 0 Å². The Morgan fingerprint density at radius 2 is 1.96 bits per heavy atom. The lowest BCUT2D eigenvalue weighted by atomic mass is 10.0. The number of urea groups is 1. The highest BCUT2D eigenvalue weighted by atomic mass is 16.2. The van der Waals surface area contributed by atoms with Crippen LogP contribution in [0.3, 0.4) is 0 Å². The maximum atomic E-state index is 12.2. The van der Waals surface area contributed by atoms with E-state index in [9.17, 15) is 14.4 Å². The largest absolute Gasteiger partial charge is 0.349 e. The van der Waals surface area contributed by atoms with Crippen LogP contribution in [0, 0.1) is 0 Å². The van der Waals surface area contributed by atoms with E-state index in [0.29, 0.717) is 19.3 Å². The Bertz CT molecular complexity index is 568. The van der Waals surface area contributed by atoms with Gasteiger partial charge >= 0.3 is 6.03 Å². The zero-order valence-corrected chi connectivity index (χ0v) is 14.3. The summed E-state index contributed by atoms with van der Waals surface area (Å²) in [6.45, 7) is 0.287. The number of amides is 4. The average Bonchev–Trinajstić information content (AvgIpc) is 2.56. The molecule has 0 spiro atoms. The van der Waals surface area contributed by atoms with Crippen molar-refractivity contribution in [1.29, 1.82) is 0 Å². The van der Waals surface area contributed by atoms with Gasteiger partial charge in [0.25, 0.3) is 0 Å². The Balaban J connectivity index is 1.78. The second-order valence-corrected chi connectivity index (χ2v) is 6.31. The normalized spacial score (nSPS) is 17.6. The van der Waals surface area contributed by atoms with E-state index in [0.717, 1.165) is 12.8 Å². The molecule has 0 unspecified atom stereocenters. The lowest BCUT2D eigenvalue weighted by molar-refractivity contribution is -0.132. The van der Waals surface area contributed by atoms with Crippen LogP contribution in [0.25, 0.3) is 0 Å². The van der Waals surface area contributed by atoms with Gasteiger partial charge in [-0.05, 0) is 24.8 Å². The number of nitrogens with zero attached hydrogens (tertiary/aromatic N) is 2. The van der Waals surface area contributed by atoms with E-state index < -0.39 is 0 Å². The third-order valence-corrected chi connectivity index (χ3v) is 4.19. The molecule has 0 aliphatic carbocycles. The SMILES string of the molecule is CN(C)C(=O)CCCN1C(=O)C[C@@H](CCc2ccccc2)NC1=O. The van der Waals surface area contributed by atoms with Crippen molar-refractivity contribution in [3.8, 4) is 0 Å². The van der Waals surface area contributed by atoms with E-state index in [4.69, 9.17) is 0 Å². The third-order valence-electron chi connectivity index (χ3n) is 4.19. The molecule has 24 heavy (non-hydrogen) atoms. The molecular formula is C18H25N3O3. The molecule has 1 aromatic rings. The second kappa shape index (κ2) is 8.47. The summed E-state index contributed by atoms with van der Waals surface area (Å²) >= 11 is 0. The van der Waals surface area contributed by atoms with Crippen LogP contribution in [0.2, 0.25) is 0 Å². The molecule has 0 aromatic heterocycles. The van der Waals surface area contributed by atoms with Gasteiger partial charge in [-0.1, -0.05) is 30.3 Å². The lowest BCUT2D eigenvalue weighted by Crippen LogP contribution is -2.55. The van der Waals surface area contributed by atoms with E-state index in [2.05, 4.69) is 5.32 Å². The molecule has 1 N–H and O–H groups in total. The van der Waals surface area contributed by atoms with E-state index in [-0.39, 0.29) is 30.4 Å². The van der Waals surface area contributed by atoms with Crippen molar-refractivity contribution < 1.29 is 14.4 Å². The zero-order chi connectivity index (χ0) is 17.5. The minimum absolute atomic E-state index is 0.000559. The summed E-state index contributed by atoms with van der Waals surface area (Å²) in [5.41, 5.74) is 1.20. The summed E-state index contributed by atoms with van der Waals surface area (Å²) in [6, 6.07) is 9.55. The van der Waals surface area contributed by atoms with Crippen molar-refractivity contribution in [2.45, 2.75) is 38.1 Å². The first-order chi connectivity index (χ1) is 11.5. The Kier molecular flexibility index (Phi) is 6.35. The molecule has 130 valence electrons. The molecule has 1 atom stereocenters. The summed E-state index contributed by atoms with van der Waals surface area (Å²) < 4.78 is 0. The molecule has 1 aliphatic rings. The van der Waals surface area contributed by atoms with Crippen LogP contribution in [-0.4, -0.2) is 54.3 Å². The molecule has 1 saturated heterocycles. The molecule has 1 aromatic carbocycles. The summed E-state index contributed by atoms with van der Waals surface area (Å²) in [5, 5.41) is 2.90. The molecule has 1 heterocycles. The smallest absolute Gasteiger partial charge is 0.324 e. The van der Waals surface area contributed by atoms with Gasteiger partial charge in [0.2, 0.25) is 11.8 Å². The zero-order valence-electron chi connectivity index (χ0n) is 14.3. The van der Waals surface area contributed by atoms with Crippen molar-refractivity contribution in [3.63, 3.8) is 0 Å². The Morgan fingerprint density at radius 1 is 1.25 bits per heavy atom. The van der Waals surface area contributed by atoms with Crippen molar-refractivity contribution in [2.75, 3.05) is 20.6 Å². The first-order valence-corrected chi connectivity index (χ1v) is 8.32. The van der Waals surface area contributed by atoms with Gasteiger partial charge in [0.05, 0.1) is 0 Å². The molecule has 6 heteroatoms. The Morgan fingerprint density at radius 3 is 2.58 bits per heavy atom. The highest BCUT2D eigenvalue weighted by molar-refractivity contribution is 5.97. The molecule has 2 rings (SSSR count). The highest BCUT2D eigenvalue weighted by Gasteiger charge is 2.31. The van der Waals surface area contributed by atoms with Crippen LogP contribution in [-0.2, 0) is 16.0 Å². The molecule has 1 aliphatic heterocycles. The van der Waals surface area contributed by atoms with E-state index in [1.165, 1.54) is 15.4 Å². The van der Waals surface area contributed by atoms with Gasteiger partial charge in [-0.15, -0.1) is 0 Å². The van der Waals surface area contributed by atoms with E-state index >= 15 is 0 Å². The lowest BCUT2D eigenvalue weighted by Gasteiger charge is -2.31. The first-order valence-electron chi connectivity index (χ1n) is 8.32. The van der Waals surface area contributed by atoms with Crippen LogP contribution in [0.1, 0.15) is 31.2 Å². The summed E-state index contributed by atoms with van der Waals surface area (Å²) in [7, 11) is 3.39. The van der Waals surface area contributed by atoms with Gasteiger partial charge < -0.3 is 10.2 Å². The van der Waals surface area contributed by atoms with Gasteiger partial charge in [0.1, 0.15) is 0 Å². The number of hydrogen-bond acceptors (Lipinski definition) is 3. The first kappa shape index (κ1) is 18.0. The number of hydrogen-bond donors (Lipinski definition) is 1. The number of imide groups is 1. The fraction of sp³-hybridized carbons (Fsp3) is 0.500. The quantitative estimate of drug-likeness (QED) is 0.828. The molecule has 6 nitrogen and oxygen atoms in total. The third kappa shape index (κ3) is 5.08.